The number of hydrogen-bond donors (Lipinski definition) is 2. The molecule has 0 amide bonds. The van der Waals surface area contributed by atoms with Crippen molar-refractivity contribution >= 4 is 59.0 Å². The van der Waals surface area contributed by atoms with Gasteiger partial charge in [0, 0.05) is 76.9 Å². The highest BCUT2D eigenvalue weighted by atomic mass is 32.2. The zero-order valence-corrected chi connectivity index (χ0v) is 59.6. The van der Waals surface area contributed by atoms with Crippen molar-refractivity contribution in [3.63, 3.8) is 0 Å². The number of aromatic hydroxyl groups is 2. The minimum atomic E-state index is -0.203. The normalized spacial score (nSPS) is 13.5. The monoisotopic (exact) mass is 1190 g/mol. The zero-order chi connectivity index (χ0) is 62.8. The second kappa shape index (κ2) is 26.2. The van der Waals surface area contributed by atoms with Crippen LogP contribution in [0.4, 0.5) is 0 Å². The number of carbonyl (C=O) groups excluding carboxylic acids is 2. The molecule has 0 atom stereocenters. The lowest BCUT2D eigenvalue weighted by Crippen LogP contribution is -2.22. The first-order valence-corrected chi connectivity index (χ1v) is 32.8. The number of phenols is 2. The van der Waals surface area contributed by atoms with Gasteiger partial charge in [-0.25, -0.2) is 0 Å². The van der Waals surface area contributed by atoms with Gasteiger partial charge in [0.05, 0.1) is 8.16 Å². The average Bonchev–Trinajstić information content (AvgIpc) is 3.24. The molecule has 81 heavy (non-hydrogen) atoms. The van der Waals surface area contributed by atoms with Crippen LogP contribution < -0.4 is 9.47 Å². The summed E-state index contributed by atoms with van der Waals surface area (Å²) in [5.41, 5.74) is 6.66. The number of hydrogen-bond acceptors (Lipinski definition) is 10. The summed E-state index contributed by atoms with van der Waals surface area (Å²) >= 11 is 7.32. The zero-order valence-electron chi connectivity index (χ0n) is 56.3. The summed E-state index contributed by atoms with van der Waals surface area (Å²) in [6.07, 6.45) is 3.40. The van der Waals surface area contributed by atoms with Crippen molar-refractivity contribution in [3.05, 3.63) is 93.0 Å². The number of carbonyl (C=O) groups is 2. The molecule has 0 saturated carbocycles. The van der Waals surface area contributed by atoms with Gasteiger partial charge in [0.25, 0.3) is 0 Å². The predicted octanol–water partition coefficient (Wildman–Crippen LogP) is 22.2. The lowest BCUT2D eigenvalue weighted by molar-refractivity contribution is -0.135. The number of unbranched alkanes of at least 4 members (excludes halogenated alkanes) is 1. The van der Waals surface area contributed by atoms with E-state index >= 15 is 0 Å². The van der Waals surface area contributed by atoms with E-state index in [1.807, 2.05) is 54.0 Å². The van der Waals surface area contributed by atoms with Gasteiger partial charge < -0.3 is 19.7 Å². The van der Waals surface area contributed by atoms with E-state index in [0.717, 1.165) is 94.9 Å². The molecule has 0 saturated heterocycles. The maximum atomic E-state index is 12.8. The fourth-order valence-corrected chi connectivity index (χ4v) is 14.6. The third kappa shape index (κ3) is 20.8. The van der Waals surface area contributed by atoms with Crippen molar-refractivity contribution in [1.29, 1.82) is 0 Å². The quantitative estimate of drug-likeness (QED) is 0.0519. The molecular formula is C71H110O6S4. The number of thioether (sulfide) groups is 4. The largest absolute Gasteiger partial charge is 0.507 e. The van der Waals surface area contributed by atoms with E-state index in [1.54, 1.807) is 0 Å². The molecule has 4 rings (SSSR count). The summed E-state index contributed by atoms with van der Waals surface area (Å²) in [5.74, 6) is 1.93. The molecule has 0 unspecified atom stereocenters. The van der Waals surface area contributed by atoms with Crippen LogP contribution in [-0.2, 0) is 52.9 Å². The summed E-state index contributed by atoms with van der Waals surface area (Å²) in [6, 6.07) is 17.5. The number of rotatable bonds is 15. The third-order valence-electron chi connectivity index (χ3n) is 13.8. The molecule has 0 aliphatic carbocycles. The predicted molar refractivity (Wildman–Crippen MR) is 356 cm³/mol. The first-order valence-electron chi connectivity index (χ1n) is 29.5. The molecule has 0 heterocycles. The molecule has 0 fully saturated rings. The number of phenolic OH excluding ortho intramolecular Hbond substituents is 2. The number of esters is 2. The number of ether oxygens (including phenoxy) is 2. The van der Waals surface area contributed by atoms with Gasteiger partial charge in [-0.2, -0.15) is 0 Å². The van der Waals surface area contributed by atoms with E-state index in [4.69, 9.17) is 9.47 Å². The van der Waals surface area contributed by atoms with Crippen molar-refractivity contribution < 1.29 is 29.3 Å². The summed E-state index contributed by atoms with van der Waals surface area (Å²) in [5, 5.41) is 22.4. The number of benzene rings is 4. The molecule has 0 aromatic heterocycles. The Morgan fingerprint density at radius 1 is 0.333 bits per heavy atom. The molecule has 10 heteroatoms. The smallest absolute Gasteiger partial charge is 0.311 e. The third-order valence-corrected chi connectivity index (χ3v) is 18.7. The minimum absolute atomic E-state index is 0.157. The Labute approximate surface area is 511 Å². The molecule has 0 radical (unpaired) electrons. The standard InChI is InChI=1S/C36H56O3S2.C35H54O3S2/c1-16-17-18-29(37)39-31-27(34(8,9)10)21-24(22-28(31)35(11,12)13)41-36(14,15)40-23-19-25(32(2,3)4)30(38)26(20-23)33(5,6)7;1-16-17-28(36)38-30-26(33(8,9)10)20-23(21-27(30)34(11,12)13)40-35(14,15)39-22-18-24(31(2,3)4)29(37)25(19-22)32(5,6)7/h19-22,38H,16-18H2,1-15H3;18-21,37H,16-17H2,1-15H3. The minimum Gasteiger partial charge on any atom is -0.507 e. The fraction of sp³-hybridized carbons (Fsp3) is 0.634. The first kappa shape index (κ1) is 72.1. The lowest BCUT2D eigenvalue weighted by atomic mass is 9.79. The molecule has 454 valence electrons. The van der Waals surface area contributed by atoms with Gasteiger partial charge >= 0.3 is 11.9 Å². The Morgan fingerprint density at radius 3 is 0.716 bits per heavy atom. The van der Waals surface area contributed by atoms with Gasteiger partial charge in [0.15, 0.2) is 0 Å². The van der Waals surface area contributed by atoms with Crippen LogP contribution in [0.25, 0.3) is 0 Å². The summed E-state index contributed by atoms with van der Waals surface area (Å²) in [7, 11) is 0. The van der Waals surface area contributed by atoms with Crippen molar-refractivity contribution in [2.75, 3.05) is 0 Å². The van der Waals surface area contributed by atoms with E-state index in [1.165, 1.54) is 0 Å². The van der Waals surface area contributed by atoms with Crippen LogP contribution in [0.3, 0.4) is 0 Å². The molecular weight excluding hydrogens is 1080 g/mol. The molecule has 4 aromatic carbocycles. The van der Waals surface area contributed by atoms with E-state index in [2.05, 4.69) is 249 Å². The molecule has 0 aliphatic heterocycles. The van der Waals surface area contributed by atoms with Crippen LogP contribution in [0.5, 0.6) is 23.0 Å². The highest BCUT2D eigenvalue weighted by Crippen LogP contribution is 2.54. The van der Waals surface area contributed by atoms with E-state index in [-0.39, 0.29) is 63.4 Å². The van der Waals surface area contributed by atoms with Crippen molar-refractivity contribution in [2.24, 2.45) is 0 Å². The summed E-state index contributed by atoms with van der Waals surface area (Å²) < 4.78 is 11.8. The van der Waals surface area contributed by atoms with Crippen LogP contribution in [0.2, 0.25) is 0 Å². The summed E-state index contributed by atoms with van der Waals surface area (Å²) in [6.45, 7) is 65.1. The topological polar surface area (TPSA) is 93.1 Å². The SMILES string of the molecule is CCCC(=O)Oc1c(C(C)(C)C)cc(SC(C)(C)Sc2cc(C(C)(C)C)c(O)c(C(C)(C)C)c2)cc1C(C)(C)C.CCCCC(=O)Oc1c(C(C)(C)C)cc(SC(C)(C)Sc2cc(C(C)(C)C)c(O)c(C(C)(C)C)c2)cc1C(C)(C)C. The highest BCUT2D eigenvalue weighted by Gasteiger charge is 2.36. The Morgan fingerprint density at radius 2 is 0.531 bits per heavy atom. The van der Waals surface area contributed by atoms with E-state index in [9.17, 15) is 19.8 Å². The Balaban J connectivity index is 0.000000425. The van der Waals surface area contributed by atoms with E-state index < -0.39 is 0 Å². The second-order valence-electron chi connectivity index (χ2n) is 31.4. The second-order valence-corrected chi connectivity index (χ2v) is 38.7. The van der Waals surface area contributed by atoms with Gasteiger partial charge in [0.1, 0.15) is 23.0 Å². The maximum absolute atomic E-state index is 12.8. The molecule has 2 N–H and O–H groups in total. The van der Waals surface area contributed by atoms with Crippen LogP contribution in [0.1, 0.15) is 284 Å². The van der Waals surface area contributed by atoms with Crippen LogP contribution in [0.15, 0.2) is 68.1 Å². The highest BCUT2D eigenvalue weighted by molar-refractivity contribution is 8.18. The first-order chi connectivity index (χ1) is 36.2. The van der Waals surface area contributed by atoms with Crippen molar-refractivity contribution in [2.45, 2.75) is 311 Å². The van der Waals surface area contributed by atoms with E-state index in [0.29, 0.717) is 24.3 Å². The van der Waals surface area contributed by atoms with Gasteiger partial charge in [-0.1, -0.05) is 186 Å². The van der Waals surface area contributed by atoms with Crippen molar-refractivity contribution in [3.8, 4) is 23.0 Å². The lowest BCUT2D eigenvalue weighted by Gasteiger charge is -2.32. The Kier molecular flexibility index (Phi) is 23.3. The van der Waals surface area contributed by atoms with Crippen LogP contribution in [-0.4, -0.2) is 30.3 Å². The molecule has 0 spiro atoms. The van der Waals surface area contributed by atoms with Crippen LogP contribution >= 0.6 is 47.0 Å². The Bertz CT molecular complexity index is 2690. The average molecular weight is 1190 g/mol. The molecule has 0 aliphatic rings. The molecule has 0 bridgehead atoms. The van der Waals surface area contributed by atoms with Gasteiger partial charge in [-0.3, -0.25) is 9.59 Å². The van der Waals surface area contributed by atoms with Crippen molar-refractivity contribution in [1.82, 2.24) is 0 Å². The van der Waals surface area contributed by atoms with Gasteiger partial charge in [-0.05, 0) is 132 Å². The summed E-state index contributed by atoms with van der Waals surface area (Å²) in [4.78, 5) is 30.1. The molecule has 4 aromatic rings. The maximum Gasteiger partial charge on any atom is 0.311 e. The molecule has 6 nitrogen and oxygen atoms in total. The van der Waals surface area contributed by atoms with Crippen LogP contribution in [0, 0.1) is 0 Å². The fourth-order valence-electron chi connectivity index (χ4n) is 9.42. The Hall–Kier alpha value is -3.18. The van der Waals surface area contributed by atoms with Gasteiger partial charge in [-0.15, -0.1) is 47.0 Å². The van der Waals surface area contributed by atoms with Gasteiger partial charge in [0.2, 0.25) is 0 Å².